The number of aromatic nitrogens is 1. The topological polar surface area (TPSA) is 75.9 Å². The quantitative estimate of drug-likeness (QED) is 0.517. The van der Waals surface area contributed by atoms with Crippen LogP contribution >= 0.6 is 12.6 Å². The van der Waals surface area contributed by atoms with Crippen molar-refractivity contribution < 1.29 is 22.7 Å². The van der Waals surface area contributed by atoms with E-state index in [0.29, 0.717) is 62.0 Å². The fourth-order valence-corrected chi connectivity index (χ4v) is 6.19. The smallest absolute Gasteiger partial charge is 0.401 e. The molecule has 1 spiro atoms. The lowest BCUT2D eigenvalue weighted by Gasteiger charge is -2.44. The van der Waals surface area contributed by atoms with E-state index >= 15 is 0 Å². The first-order valence-corrected chi connectivity index (χ1v) is 13.6. The zero-order valence-electron chi connectivity index (χ0n) is 21.7. The predicted octanol–water partition coefficient (Wildman–Crippen LogP) is 3.81. The van der Waals surface area contributed by atoms with Gasteiger partial charge in [0.25, 0.3) is 5.91 Å². The van der Waals surface area contributed by atoms with Gasteiger partial charge in [0, 0.05) is 38.4 Å². The lowest BCUT2D eigenvalue weighted by Crippen LogP contribution is -2.55. The highest BCUT2D eigenvalue weighted by Crippen LogP contribution is 2.50. The van der Waals surface area contributed by atoms with Gasteiger partial charge in [-0.25, -0.2) is 4.98 Å². The average Bonchev–Trinajstić information content (AvgIpc) is 3.11. The van der Waals surface area contributed by atoms with E-state index in [0.717, 1.165) is 24.9 Å². The minimum atomic E-state index is -4.16. The number of aryl methyl sites for hydroxylation is 1. The molecule has 8 nitrogen and oxygen atoms in total. The Hall–Kier alpha value is -3.01. The Morgan fingerprint density at radius 1 is 1.13 bits per heavy atom. The standard InChI is InChI=1S/C27H31F3N6O2S/c1-19-15-21(17-32-23(19)16-31)35-24(37)26(7-2-8-26)36(25(35)39)20-3-5-22(6-4-20)38-14-13-33-9-11-34(12-10-33)18-27(28,29)30/h3-6,15,17,25,39H,2,7-14,18H2,1H3. The van der Waals surface area contributed by atoms with Gasteiger partial charge in [0.05, 0.1) is 18.4 Å². The summed E-state index contributed by atoms with van der Waals surface area (Å²) in [5, 5.41) is 9.22. The Morgan fingerprint density at radius 3 is 2.36 bits per heavy atom. The van der Waals surface area contributed by atoms with E-state index in [1.807, 2.05) is 24.3 Å². The number of thiol groups is 1. The molecule has 1 aromatic carbocycles. The number of alkyl halides is 3. The molecule has 3 aliphatic rings. The molecule has 1 aromatic heterocycles. The summed E-state index contributed by atoms with van der Waals surface area (Å²) in [7, 11) is 0. The van der Waals surface area contributed by atoms with Gasteiger partial charge in [-0.3, -0.25) is 19.5 Å². The molecule has 1 aliphatic carbocycles. The zero-order valence-corrected chi connectivity index (χ0v) is 22.6. The first-order valence-electron chi connectivity index (χ1n) is 13.0. The van der Waals surface area contributed by atoms with Gasteiger partial charge < -0.3 is 9.64 Å². The van der Waals surface area contributed by atoms with Crippen molar-refractivity contribution >= 4 is 29.9 Å². The van der Waals surface area contributed by atoms with Gasteiger partial charge in [-0.2, -0.15) is 18.4 Å². The van der Waals surface area contributed by atoms with E-state index in [9.17, 15) is 23.2 Å². The summed E-state index contributed by atoms with van der Waals surface area (Å²) in [5.74, 6) is 0.664. The number of hydrogen-bond donors (Lipinski definition) is 1. The third-order valence-electron chi connectivity index (χ3n) is 7.83. The number of amides is 1. The SMILES string of the molecule is Cc1cc(N2C(=O)C3(CCC3)N(c3ccc(OCCN4CCN(CC(F)(F)F)CC4)cc3)C2S)cnc1C#N. The number of ether oxygens (including phenoxy) is 1. The van der Waals surface area contributed by atoms with Crippen LogP contribution in [0.3, 0.4) is 0 Å². The van der Waals surface area contributed by atoms with E-state index in [1.54, 1.807) is 24.1 Å². The highest BCUT2D eigenvalue weighted by molar-refractivity contribution is 7.81. The third-order valence-corrected chi connectivity index (χ3v) is 8.29. The Labute approximate surface area is 231 Å². The molecule has 1 amide bonds. The van der Waals surface area contributed by atoms with Crippen molar-refractivity contribution in [1.82, 2.24) is 14.8 Å². The Kier molecular flexibility index (Phi) is 7.68. The Balaban J connectivity index is 1.21. The van der Waals surface area contributed by atoms with E-state index in [4.69, 9.17) is 17.4 Å². The number of carbonyl (C=O) groups excluding carboxylic acids is 1. The van der Waals surface area contributed by atoms with Crippen LogP contribution in [0.1, 0.15) is 30.5 Å². The Bertz CT molecular complexity index is 1240. The fraction of sp³-hybridized carbons (Fsp3) is 0.519. The summed E-state index contributed by atoms with van der Waals surface area (Å²) in [6.45, 7) is 3.95. The van der Waals surface area contributed by atoms with E-state index < -0.39 is 23.8 Å². The highest BCUT2D eigenvalue weighted by atomic mass is 32.1. The summed E-state index contributed by atoms with van der Waals surface area (Å²) in [4.78, 5) is 25.1. The summed E-state index contributed by atoms with van der Waals surface area (Å²) < 4.78 is 43.7. The number of benzene rings is 1. The molecule has 0 radical (unpaired) electrons. The molecule has 2 aromatic rings. The number of pyridine rings is 1. The van der Waals surface area contributed by atoms with Crippen molar-refractivity contribution in [3.05, 3.63) is 47.8 Å². The first kappa shape index (κ1) is 27.6. The maximum absolute atomic E-state index is 13.7. The van der Waals surface area contributed by atoms with Crippen LogP contribution in [0.4, 0.5) is 24.5 Å². The summed E-state index contributed by atoms with van der Waals surface area (Å²) in [5.41, 5.74) is 1.31. The molecular weight excluding hydrogens is 529 g/mol. The van der Waals surface area contributed by atoms with E-state index in [1.165, 1.54) is 4.90 Å². The molecule has 0 bridgehead atoms. The van der Waals surface area contributed by atoms with Gasteiger partial charge in [0.1, 0.15) is 29.7 Å². The fourth-order valence-electron chi connectivity index (χ4n) is 5.59. The van der Waals surface area contributed by atoms with Crippen LogP contribution in [0, 0.1) is 18.3 Å². The van der Waals surface area contributed by atoms with Crippen molar-refractivity contribution in [1.29, 1.82) is 5.26 Å². The van der Waals surface area contributed by atoms with Crippen LogP contribution in [0.25, 0.3) is 0 Å². The number of piperazine rings is 1. The van der Waals surface area contributed by atoms with Crippen molar-refractivity contribution in [2.24, 2.45) is 0 Å². The number of anilines is 2. The van der Waals surface area contributed by atoms with Gasteiger partial charge in [-0.1, -0.05) is 0 Å². The number of nitrogens with zero attached hydrogens (tertiary/aromatic N) is 6. The van der Waals surface area contributed by atoms with Crippen LogP contribution in [-0.2, 0) is 4.79 Å². The second-order valence-electron chi connectivity index (χ2n) is 10.3. The molecule has 2 aliphatic heterocycles. The lowest BCUT2D eigenvalue weighted by atomic mass is 9.75. The number of carbonyl (C=O) groups is 1. The number of nitriles is 1. The average molecular weight is 561 g/mol. The van der Waals surface area contributed by atoms with Crippen LogP contribution in [0.15, 0.2) is 36.5 Å². The lowest BCUT2D eigenvalue weighted by molar-refractivity contribution is -0.149. The molecule has 39 heavy (non-hydrogen) atoms. The van der Waals surface area contributed by atoms with Gasteiger partial charge >= 0.3 is 6.18 Å². The summed E-state index contributed by atoms with van der Waals surface area (Å²) in [6.07, 6.45) is -0.196. The van der Waals surface area contributed by atoms with Crippen molar-refractivity contribution in [3.8, 4) is 11.8 Å². The predicted molar refractivity (Wildman–Crippen MR) is 144 cm³/mol. The zero-order chi connectivity index (χ0) is 27.8. The maximum atomic E-state index is 13.7. The second-order valence-corrected chi connectivity index (χ2v) is 10.8. The highest BCUT2D eigenvalue weighted by Gasteiger charge is 2.60. The minimum Gasteiger partial charge on any atom is -0.492 e. The van der Waals surface area contributed by atoms with Gasteiger partial charge in [0.2, 0.25) is 0 Å². The van der Waals surface area contributed by atoms with Crippen molar-refractivity contribution in [2.75, 3.05) is 55.7 Å². The minimum absolute atomic E-state index is 0.0182. The molecule has 1 unspecified atom stereocenters. The van der Waals surface area contributed by atoms with Gasteiger partial charge in [0.15, 0.2) is 5.50 Å². The monoisotopic (exact) mass is 560 g/mol. The van der Waals surface area contributed by atoms with E-state index in [-0.39, 0.29) is 5.91 Å². The molecule has 12 heteroatoms. The van der Waals surface area contributed by atoms with Crippen LogP contribution in [0.2, 0.25) is 0 Å². The largest absolute Gasteiger partial charge is 0.492 e. The van der Waals surface area contributed by atoms with Crippen molar-refractivity contribution in [3.63, 3.8) is 0 Å². The number of rotatable bonds is 7. The maximum Gasteiger partial charge on any atom is 0.401 e. The normalized spacial score (nSPS) is 21.7. The first-order chi connectivity index (χ1) is 18.6. The third kappa shape index (κ3) is 5.53. The summed E-state index contributed by atoms with van der Waals surface area (Å²) >= 11 is 4.85. The molecule has 0 N–H and O–H groups in total. The van der Waals surface area contributed by atoms with Gasteiger partial charge in [-0.15, -0.1) is 12.6 Å². The van der Waals surface area contributed by atoms with Crippen LogP contribution < -0.4 is 14.5 Å². The van der Waals surface area contributed by atoms with Crippen LogP contribution in [-0.4, -0.2) is 83.8 Å². The van der Waals surface area contributed by atoms with Crippen molar-refractivity contribution in [2.45, 2.75) is 43.4 Å². The molecule has 3 heterocycles. The molecule has 208 valence electrons. The molecule has 5 rings (SSSR count). The molecular formula is C27H31F3N6O2S. The second kappa shape index (κ2) is 10.9. The molecule has 1 atom stereocenters. The Morgan fingerprint density at radius 2 is 1.79 bits per heavy atom. The molecule has 3 fully saturated rings. The number of halogens is 3. The van der Waals surface area contributed by atoms with Crippen LogP contribution in [0.5, 0.6) is 5.75 Å². The summed E-state index contributed by atoms with van der Waals surface area (Å²) in [6, 6.07) is 11.4. The molecule has 2 saturated heterocycles. The van der Waals surface area contributed by atoms with Gasteiger partial charge in [-0.05, 0) is 62.1 Å². The number of hydrogen-bond acceptors (Lipinski definition) is 8. The van der Waals surface area contributed by atoms with E-state index in [2.05, 4.69) is 20.9 Å². The molecule has 1 saturated carbocycles.